The van der Waals surface area contributed by atoms with E-state index in [2.05, 4.69) is 17.5 Å². The SMILES string of the molecule is CN(CCCS)CC(C)(C)O. The molecular formula is C8H19NOS. The van der Waals surface area contributed by atoms with Gasteiger partial charge in [0.05, 0.1) is 5.60 Å². The van der Waals surface area contributed by atoms with Gasteiger partial charge in [0.2, 0.25) is 0 Å². The van der Waals surface area contributed by atoms with Crippen molar-refractivity contribution in [3.63, 3.8) is 0 Å². The van der Waals surface area contributed by atoms with E-state index < -0.39 is 5.60 Å². The van der Waals surface area contributed by atoms with Crippen LogP contribution in [-0.2, 0) is 0 Å². The molecule has 0 aliphatic carbocycles. The fraction of sp³-hybridized carbons (Fsp3) is 1.00. The molecule has 0 aliphatic heterocycles. The Morgan fingerprint density at radius 3 is 2.36 bits per heavy atom. The van der Waals surface area contributed by atoms with Gasteiger partial charge in [0.1, 0.15) is 0 Å². The summed E-state index contributed by atoms with van der Waals surface area (Å²) in [5.41, 5.74) is -0.578. The first kappa shape index (κ1) is 11.3. The molecule has 0 heterocycles. The topological polar surface area (TPSA) is 23.5 Å². The van der Waals surface area contributed by atoms with Crippen molar-refractivity contribution in [3.05, 3.63) is 0 Å². The lowest BCUT2D eigenvalue weighted by atomic mass is 10.1. The minimum atomic E-state index is -0.578. The van der Waals surface area contributed by atoms with Gasteiger partial charge in [-0.15, -0.1) is 0 Å². The third kappa shape index (κ3) is 8.17. The van der Waals surface area contributed by atoms with Crippen molar-refractivity contribution in [1.82, 2.24) is 4.90 Å². The average molecular weight is 177 g/mol. The predicted octanol–water partition coefficient (Wildman–Crippen LogP) is 1.01. The molecule has 0 rings (SSSR count). The average Bonchev–Trinajstić information content (AvgIpc) is 1.79. The standard InChI is InChI=1S/C8H19NOS/c1-8(2,10)7-9(3)5-4-6-11/h10-11H,4-7H2,1-3H3. The first-order chi connectivity index (χ1) is 4.95. The van der Waals surface area contributed by atoms with Gasteiger partial charge in [-0.2, -0.15) is 12.6 Å². The Morgan fingerprint density at radius 1 is 1.45 bits per heavy atom. The van der Waals surface area contributed by atoms with Gasteiger partial charge in [0, 0.05) is 6.54 Å². The Labute approximate surface area is 75.0 Å². The maximum atomic E-state index is 9.43. The van der Waals surface area contributed by atoms with E-state index in [-0.39, 0.29) is 0 Å². The van der Waals surface area contributed by atoms with Crippen molar-refractivity contribution in [1.29, 1.82) is 0 Å². The van der Waals surface area contributed by atoms with E-state index in [1.807, 2.05) is 20.9 Å². The molecule has 0 bridgehead atoms. The fourth-order valence-electron chi connectivity index (χ4n) is 1.08. The second-order valence-corrected chi connectivity index (χ2v) is 4.07. The van der Waals surface area contributed by atoms with Crippen LogP contribution in [0.5, 0.6) is 0 Å². The lowest BCUT2D eigenvalue weighted by molar-refractivity contribution is 0.0448. The molecule has 3 heteroatoms. The van der Waals surface area contributed by atoms with Gasteiger partial charge < -0.3 is 10.0 Å². The Hall–Kier alpha value is 0.270. The molecule has 11 heavy (non-hydrogen) atoms. The maximum absolute atomic E-state index is 9.43. The van der Waals surface area contributed by atoms with Crippen molar-refractivity contribution >= 4 is 12.6 Å². The molecule has 0 aromatic rings. The summed E-state index contributed by atoms with van der Waals surface area (Å²) >= 11 is 4.12. The highest BCUT2D eigenvalue weighted by Crippen LogP contribution is 2.03. The lowest BCUT2D eigenvalue weighted by Gasteiger charge is -2.25. The molecule has 2 nitrogen and oxygen atoms in total. The highest BCUT2D eigenvalue weighted by molar-refractivity contribution is 7.80. The Balaban J connectivity index is 3.44. The fourth-order valence-corrected chi connectivity index (χ4v) is 1.22. The summed E-state index contributed by atoms with van der Waals surface area (Å²) in [6.45, 7) is 5.38. The molecule has 0 atom stereocenters. The zero-order chi connectivity index (χ0) is 8.91. The van der Waals surface area contributed by atoms with E-state index in [0.717, 1.165) is 25.3 Å². The van der Waals surface area contributed by atoms with Gasteiger partial charge in [-0.25, -0.2) is 0 Å². The van der Waals surface area contributed by atoms with Gasteiger partial charge in [0.25, 0.3) is 0 Å². The zero-order valence-electron chi connectivity index (χ0n) is 7.67. The van der Waals surface area contributed by atoms with Gasteiger partial charge in [-0.3, -0.25) is 0 Å². The molecule has 0 saturated heterocycles. The smallest absolute Gasteiger partial charge is 0.0718 e. The molecular weight excluding hydrogens is 158 g/mol. The number of rotatable bonds is 5. The predicted molar refractivity (Wildman–Crippen MR) is 52.3 cm³/mol. The molecule has 0 aromatic heterocycles. The van der Waals surface area contributed by atoms with Crippen molar-refractivity contribution in [2.75, 3.05) is 25.9 Å². The van der Waals surface area contributed by atoms with Crippen molar-refractivity contribution in [2.45, 2.75) is 25.9 Å². The first-order valence-electron chi connectivity index (χ1n) is 3.97. The van der Waals surface area contributed by atoms with E-state index in [0.29, 0.717) is 0 Å². The van der Waals surface area contributed by atoms with E-state index >= 15 is 0 Å². The number of hydrogen-bond acceptors (Lipinski definition) is 3. The number of aliphatic hydroxyl groups is 1. The van der Waals surface area contributed by atoms with E-state index in [9.17, 15) is 5.11 Å². The molecule has 0 fully saturated rings. The molecule has 68 valence electrons. The van der Waals surface area contributed by atoms with Crippen LogP contribution < -0.4 is 0 Å². The molecule has 0 unspecified atom stereocenters. The second-order valence-electron chi connectivity index (χ2n) is 3.63. The van der Waals surface area contributed by atoms with Crippen LogP contribution in [0.3, 0.4) is 0 Å². The third-order valence-electron chi connectivity index (χ3n) is 1.35. The second kappa shape index (κ2) is 5.01. The van der Waals surface area contributed by atoms with Crippen LogP contribution in [0.25, 0.3) is 0 Å². The Kier molecular flexibility index (Phi) is 5.13. The molecule has 1 N–H and O–H groups in total. The normalized spacial score (nSPS) is 12.5. The molecule has 0 aliphatic rings. The van der Waals surface area contributed by atoms with E-state index in [1.54, 1.807) is 0 Å². The van der Waals surface area contributed by atoms with E-state index in [4.69, 9.17) is 0 Å². The van der Waals surface area contributed by atoms with Crippen LogP contribution in [0.2, 0.25) is 0 Å². The van der Waals surface area contributed by atoms with Crippen LogP contribution in [0.1, 0.15) is 20.3 Å². The number of nitrogens with zero attached hydrogens (tertiary/aromatic N) is 1. The summed E-state index contributed by atoms with van der Waals surface area (Å²) < 4.78 is 0. The number of likely N-dealkylation sites (N-methyl/N-ethyl adjacent to an activating group) is 1. The summed E-state index contributed by atoms with van der Waals surface area (Å²) in [5.74, 6) is 0.913. The largest absolute Gasteiger partial charge is 0.389 e. The van der Waals surface area contributed by atoms with Gasteiger partial charge in [-0.05, 0) is 39.6 Å². The van der Waals surface area contributed by atoms with Gasteiger partial charge in [-0.1, -0.05) is 0 Å². The van der Waals surface area contributed by atoms with Crippen LogP contribution in [0.15, 0.2) is 0 Å². The van der Waals surface area contributed by atoms with Crippen LogP contribution >= 0.6 is 12.6 Å². The maximum Gasteiger partial charge on any atom is 0.0718 e. The summed E-state index contributed by atoms with van der Waals surface area (Å²) in [5, 5.41) is 9.43. The summed E-state index contributed by atoms with van der Waals surface area (Å²) in [4.78, 5) is 2.12. The minimum Gasteiger partial charge on any atom is -0.389 e. The summed E-state index contributed by atoms with van der Waals surface area (Å²) in [6, 6.07) is 0. The number of hydrogen-bond donors (Lipinski definition) is 2. The third-order valence-corrected chi connectivity index (χ3v) is 1.67. The van der Waals surface area contributed by atoms with Crippen LogP contribution in [0, 0.1) is 0 Å². The minimum absolute atomic E-state index is 0.578. The zero-order valence-corrected chi connectivity index (χ0v) is 8.56. The first-order valence-corrected chi connectivity index (χ1v) is 4.61. The highest BCUT2D eigenvalue weighted by atomic mass is 32.1. The van der Waals surface area contributed by atoms with Crippen LogP contribution in [0.4, 0.5) is 0 Å². The lowest BCUT2D eigenvalue weighted by Crippen LogP contribution is -2.36. The Morgan fingerprint density at radius 2 is 2.00 bits per heavy atom. The Bertz CT molecular complexity index is 101. The highest BCUT2D eigenvalue weighted by Gasteiger charge is 2.14. The molecule has 0 radical (unpaired) electrons. The molecule has 0 spiro atoms. The quantitative estimate of drug-likeness (QED) is 0.612. The summed E-state index contributed by atoms with van der Waals surface area (Å²) in [6.07, 6.45) is 1.08. The van der Waals surface area contributed by atoms with Crippen molar-refractivity contribution in [2.24, 2.45) is 0 Å². The van der Waals surface area contributed by atoms with Crippen molar-refractivity contribution < 1.29 is 5.11 Å². The number of thiol groups is 1. The van der Waals surface area contributed by atoms with E-state index in [1.165, 1.54) is 0 Å². The van der Waals surface area contributed by atoms with Gasteiger partial charge in [0.15, 0.2) is 0 Å². The van der Waals surface area contributed by atoms with Crippen LogP contribution in [-0.4, -0.2) is 41.5 Å². The summed E-state index contributed by atoms with van der Waals surface area (Å²) in [7, 11) is 2.02. The monoisotopic (exact) mass is 177 g/mol. The van der Waals surface area contributed by atoms with Gasteiger partial charge >= 0.3 is 0 Å². The van der Waals surface area contributed by atoms with Crippen molar-refractivity contribution in [3.8, 4) is 0 Å². The molecule has 0 aromatic carbocycles. The molecule has 0 amide bonds. The molecule has 0 saturated carbocycles.